The molecule has 1 aromatic heterocycles. The molecule has 0 saturated carbocycles. The smallest absolute Gasteiger partial charge is 0.238 e. The van der Waals surface area contributed by atoms with Crippen molar-refractivity contribution < 1.29 is 8.42 Å². The zero-order chi connectivity index (χ0) is 24.5. The third kappa shape index (κ3) is 4.72. The summed E-state index contributed by atoms with van der Waals surface area (Å²) in [6, 6.07) is 22.5. The summed E-state index contributed by atoms with van der Waals surface area (Å²) in [6.07, 6.45) is 0. The second-order valence-corrected chi connectivity index (χ2v) is 9.16. The maximum atomic E-state index is 12.0. The molecule has 0 aliphatic rings. The fourth-order valence-electron chi connectivity index (χ4n) is 3.55. The SMILES string of the molecule is Cc1cc(C(N)=Nc2cccc(C(=N)N)c2)n(-c2ccc(-c3ccccc3S(N)(=O)=O)cc2)n1. The highest BCUT2D eigenvalue weighted by molar-refractivity contribution is 7.89. The topological polar surface area (TPSA) is 166 Å². The summed E-state index contributed by atoms with van der Waals surface area (Å²) in [7, 11) is -3.87. The molecule has 0 radical (unpaired) electrons. The predicted octanol–water partition coefficient (Wildman–Crippen LogP) is 2.82. The van der Waals surface area contributed by atoms with E-state index < -0.39 is 10.0 Å². The van der Waals surface area contributed by atoms with Crippen LogP contribution in [0.15, 0.2) is 88.8 Å². The van der Waals surface area contributed by atoms with E-state index in [0.717, 1.165) is 11.4 Å². The van der Waals surface area contributed by atoms with Gasteiger partial charge in [-0.05, 0) is 48.9 Å². The van der Waals surface area contributed by atoms with Crippen LogP contribution < -0.4 is 16.6 Å². The Morgan fingerprint density at radius 1 is 0.971 bits per heavy atom. The molecular formula is C24H23N7O2S. The van der Waals surface area contributed by atoms with Crippen LogP contribution in [0.1, 0.15) is 17.0 Å². The molecule has 172 valence electrons. The summed E-state index contributed by atoms with van der Waals surface area (Å²) in [6.45, 7) is 1.85. The fourth-order valence-corrected chi connectivity index (χ4v) is 4.31. The van der Waals surface area contributed by atoms with E-state index in [0.29, 0.717) is 28.1 Å². The van der Waals surface area contributed by atoms with Crippen LogP contribution in [0.2, 0.25) is 0 Å². The number of primary sulfonamides is 1. The molecule has 7 N–H and O–H groups in total. The van der Waals surface area contributed by atoms with Gasteiger partial charge in [-0.15, -0.1) is 0 Å². The van der Waals surface area contributed by atoms with E-state index >= 15 is 0 Å². The minimum absolute atomic E-state index is 0.0550. The van der Waals surface area contributed by atoms with Crippen LogP contribution in [-0.2, 0) is 10.0 Å². The van der Waals surface area contributed by atoms with E-state index in [1.54, 1.807) is 59.3 Å². The average Bonchev–Trinajstić information content (AvgIpc) is 3.20. The van der Waals surface area contributed by atoms with Gasteiger partial charge in [-0.3, -0.25) is 5.41 Å². The molecule has 0 spiro atoms. The molecule has 4 rings (SSSR count). The molecule has 0 bridgehead atoms. The van der Waals surface area contributed by atoms with E-state index in [2.05, 4.69) is 10.1 Å². The minimum Gasteiger partial charge on any atom is -0.384 e. The first-order valence-corrected chi connectivity index (χ1v) is 11.8. The van der Waals surface area contributed by atoms with Crippen LogP contribution in [0.25, 0.3) is 16.8 Å². The largest absolute Gasteiger partial charge is 0.384 e. The van der Waals surface area contributed by atoms with Gasteiger partial charge in [0.2, 0.25) is 10.0 Å². The number of nitrogens with one attached hydrogen (secondary N) is 1. The zero-order valence-electron chi connectivity index (χ0n) is 18.3. The summed E-state index contributed by atoms with van der Waals surface area (Å²) < 4.78 is 25.6. The molecule has 1 heterocycles. The monoisotopic (exact) mass is 473 g/mol. The highest BCUT2D eigenvalue weighted by atomic mass is 32.2. The van der Waals surface area contributed by atoms with E-state index in [-0.39, 0.29) is 16.6 Å². The maximum absolute atomic E-state index is 12.0. The first kappa shape index (κ1) is 22.9. The molecule has 3 aromatic carbocycles. The van der Waals surface area contributed by atoms with Crippen LogP contribution in [0.4, 0.5) is 5.69 Å². The van der Waals surface area contributed by atoms with Crippen LogP contribution in [-0.4, -0.2) is 29.9 Å². The molecule has 0 unspecified atom stereocenters. The van der Waals surface area contributed by atoms with Crippen molar-refractivity contribution in [3.8, 4) is 16.8 Å². The van der Waals surface area contributed by atoms with Crippen molar-refractivity contribution >= 4 is 27.4 Å². The molecule has 0 aliphatic carbocycles. The van der Waals surface area contributed by atoms with Gasteiger partial charge in [-0.25, -0.2) is 23.2 Å². The van der Waals surface area contributed by atoms with E-state index in [1.165, 1.54) is 6.07 Å². The molecular weight excluding hydrogens is 450 g/mol. The minimum atomic E-state index is -3.87. The Labute approximate surface area is 197 Å². The Bertz CT molecular complexity index is 1520. The predicted molar refractivity (Wildman–Crippen MR) is 133 cm³/mol. The normalized spacial score (nSPS) is 12.0. The molecule has 4 aromatic rings. The first-order chi connectivity index (χ1) is 16.1. The number of rotatable bonds is 6. The third-order valence-corrected chi connectivity index (χ3v) is 6.09. The number of nitrogen functional groups attached to an aromatic ring is 1. The second-order valence-electron chi connectivity index (χ2n) is 7.63. The van der Waals surface area contributed by atoms with Gasteiger partial charge in [0.05, 0.1) is 22.0 Å². The summed E-state index contributed by atoms with van der Waals surface area (Å²) in [5, 5.41) is 17.5. The molecule has 0 atom stereocenters. The van der Waals surface area contributed by atoms with Crippen molar-refractivity contribution in [1.82, 2.24) is 9.78 Å². The number of benzene rings is 3. The molecule has 0 amide bonds. The number of amidine groups is 2. The summed E-state index contributed by atoms with van der Waals surface area (Å²) in [5.41, 5.74) is 16.3. The number of sulfonamides is 1. The molecule has 0 fully saturated rings. The fraction of sp³-hybridized carbons (Fsp3) is 0.0417. The van der Waals surface area contributed by atoms with Gasteiger partial charge in [-0.1, -0.05) is 42.5 Å². The molecule has 9 nitrogen and oxygen atoms in total. The van der Waals surface area contributed by atoms with Gasteiger partial charge < -0.3 is 11.5 Å². The lowest BCUT2D eigenvalue weighted by Crippen LogP contribution is -2.18. The Kier molecular flexibility index (Phi) is 6.01. The maximum Gasteiger partial charge on any atom is 0.238 e. The lowest BCUT2D eigenvalue weighted by atomic mass is 10.1. The quantitative estimate of drug-likeness (QED) is 0.249. The summed E-state index contributed by atoms with van der Waals surface area (Å²) in [4.78, 5) is 4.53. The van der Waals surface area contributed by atoms with Gasteiger partial charge in [-0.2, -0.15) is 5.10 Å². The van der Waals surface area contributed by atoms with E-state index in [1.807, 2.05) is 25.1 Å². The Balaban J connectivity index is 1.72. The first-order valence-electron chi connectivity index (χ1n) is 10.2. The van der Waals surface area contributed by atoms with E-state index in [4.69, 9.17) is 22.0 Å². The number of aromatic nitrogens is 2. The average molecular weight is 474 g/mol. The van der Waals surface area contributed by atoms with Crippen LogP contribution in [0.3, 0.4) is 0 Å². The van der Waals surface area contributed by atoms with Gasteiger partial charge in [0.25, 0.3) is 0 Å². The van der Waals surface area contributed by atoms with Crippen molar-refractivity contribution in [3.05, 3.63) is 95.8 Å². The van der Waals surface area contributed by atoms with E-state index in [9.17, 15) is 8.42 Å². The van der Waals surface area contributed by atoms with Gasteiger partial charge in [0.15, 0.2) is 0 Å². The summed E-state index contributed by atoms with van der Waals surface area (Å²) in [5.74, 6) is 0.186. The Hall–Kier alpha value is -4.28. The molecule has 10 heteroatoms. The second kappa shape index (κ2) is 8.93. The van der Waals surface area contributed by atoms with Gasteiger partial charge >= 0.3 is 0 Å². The highest BCUT2D eigenvalue weighted by Crippen LogP contribution is 2.27. The lowest BCUT2D eigenvalue weighted by Gasteiger charge is -2.11. The lowest BCUT2D eigenvalue weighted by molar-refractivity contribution is 0.598. The van der Waals surface area contributed by atoms with Gasteiger partial charge in [0.1, 0.15) is 17.4 Å². The Morgan fingerprint density at radius 2 is 1.68 bits per heavy atom. The van der Waals surface area contributed by atoms with Crippen molar-refractivity contribution in [2.75, 3.05) is 0 Å². The number of nitrogens with zero attached hydrogens (tertiary/aromatic N) is 3. The number of aryl methyl sites for hydroxylation is 1. The van der Waals surface area contributed by atoms with Crippen molar-refractivity contribution in [2.24, 2.45) is 21.6 Å². The number of hydrogen-bond donors (Lipinski definition) is 4. The van der Waals surface area contributed by atoms with Crippen molar-refractivity contribution in [2.45, 2.75) is 11.8 Å². The molecule has 0 aliphatic heterocycles. The van der Waals surface area contributed by atoms with Crippen LogP contribution >= 0.6 is 0 Å². The molecule has 34 heavy (non-hydrogen) atoms. The van der Waals surface area contributed by atoms with Crippen molar-refractivity contribution in [3.63, 3.8) is 0 Å². The van der Waals surface area contributed by atoms with Gasteiger partial charge in [0, 0.05) is 11.1 Å². The number of hydrogen-bond acceptors (Lipinski definition) is 5. The van der Waals surface area contributed by atoms with Crippen molar-refractivity contribution in [1.29, 1.82) is 5.41 Å². The van der Waals surface area contributed by atoms with Crippen LogP contribution in [0.5, 0.6) is 0 Å². The zero-order valence-corrected chi connectivity index (χ0v) is 19.1. The van der Waals surface area contributed by atoms with Crippen LogP contribution in [0, 0.1) is 12.3 Å². The standard InChI is InChI=1S/C24H23N7O2S/c1-15-13-21(24(27)29-18-6-4-5-17(14-18)23(25)26)31(30-15)19-11-9-16(10-12-19)20-7-2-3-8-22(20)34(28,32)33/h2-14H,1H3,(H3,25,26)(H2,27,29)(H2,28,32,33). The highest BCUT2D eigenvalue weighted by Gasteiger charge is 2.16. The third-order valence-electron chi connectivity index (χ3n) is 5.12. The number of nitrogens with two attached hydrogens (primary N) is 3. The Morgan fingerprint density at radius 3 is 2.35 bits per heavy atom. The molecule has 0 saturated heterocycles. The summed E-state index contributed by atoms with van der Waals surface area (Å²) >= 11 is 0. The number of aliphatic imine (C=N–C) groups is 1.